The SMILES string of the molecule is CC(C)c1ccc(-c2ccc3c(c2)B2c4cc(-c5ccc(C(C)C)cc5)ccc4Oc4cccc(c42)O3)cc1. The molecule has 0 aliphatic carbocycles. The second kappa shape index (κ2) is 9.20. The van der Waals surface area contributed by atoms with Crippen LogP contribution >= 0.6 is 0 Å². The summed E-state index contributed by atoms with van der Waals surface area (Å²) in [4.78, 5) is 0. The lowest BCUT2D eigenvalue weighted by molar-refractivity contribution is 0.464. The van der Waals surface area contributed by atoms with Crippen molar-refractivity contribution in [3.05, 3.63) is 114 Å². The molecule has 0 bridgehead atoms. The Kier molecular flexibility index (Phi) is 5.63. The Morgan fingerprint density at radius 1 is 0.462 bits per heavy atom. The van der Waals surface area contributed by atoms with E-state index in [1.165, 1.54) is 44.3 Å². The van der Waals surface area contributed by atoms with E-state index in [9.17, 15) is 0 Å². The van der Waals surface area contributed by atoms with Gasteiger partial charge in [-0.15, -0.1) is 0 Å². The van der Waals surface area contributed by atoms with E-state index in [4.69, 9.17) is 9.47 Å². The minimum atomic E-state index is 0.0356. The van der Waals surface area contributed by atoms with Crippen molar-refractivity contribution in [3.8, 4) is 45.3 Å². The predicted octanol–water partition coefficient (Wildman–Crippen LogP) is 8.00. The fourth-order valence-corrected chi connectivity index (χ4v) is 5.92. The van der Waals surface area contributed by atoms with Gasteiger partial charge < -0.3 is 9.47 Å². The molecule has 0 amide bonds. The molecule has 2 aliphatic heterocycles. The minimum absolute atomic E-state index is 0.0356. The molecular formula is C36H31BO2. The molecule has 0 atom stereocenters. The summed E-state index contributed by atoms with van der Waals surface area (Å²) < 4.78 is 12.9. The first-order chi connectivity index (χ1) is 19.0. The first kappa shape index (κ1) is 23.9. The molecule has 0 aromatic heterocycles. The van der Waals surface area contributed by atoms with E-state index in [0.717, 1.165) is 28.5 Å². The zero-order chi connectivity index (χ0) is 26.7. The van der Waals surface area contributed by atoms with Crippen LogP contribution < -0.4 is 25.9 Å². The first-order valence-corrected chi connectivity index (χ1v) is 13.9. The number of rotatable bonds is 4. The van der Waals surface area contributed by atoms with Gasteiger partial charge in [-0.1, -0.05) is 107 Å². The maximum Gasteiger partial charge on any atom is 0.260 e. The lowest BCUT2D eigenvalue weighted by Gasteiger charge is -2.33. The van der Waals surface area contributed by atoms with Gasteiger partial charge in [0, 0.05) is 5.46 Å². The van der Waals surface area contributed by atoms with Gasteiger partial charge in [0.05, 0.1) is 0 Å². The van der Waals surface area contributed by atoms with E-state index in [-0.39, 0.29) is 6.71 Å². The van der Waals surface area contributed by atoms with Gasteiger partial charge in [-0.25, -0.2) is 0 Å². The highest BCUT2D eigenvalue weighted by Gasteiger charge is 2.40. The molecule has 5 aromatic carbocycles. The summed E-state index contributed by atoms with van der Waals surface area (Å²) in [5.41, 5.74) is 11.0. The Morgan fingerprint density at radius 3 is 1.28 bits per heavy atom. The third kappa shape index (κ3) is 4.05. The number of fused-ring (bicyclic) bond motifs is 4. The van der Waals surface area contributed by atoms with E-state index in [0.29, 0.717) is 11.8 Å². The van der Waals surface area contributed by atoms with Gasteiger partial charge in [0.15, 0.2) is 0 Å². The van der Waals surface area contributed by atoms with E-state index in [1.807, 2.05) is 6.07 Å². The van der Waals surface area contributed by atoms with E-state index >= 15 is 0 Å². The number of hydrogen-bond acceptors (Lipinski definition) is 2. The molecule has 3 heteroatoms. The molecule has 0 fully saturated rings. The monoisotopic (exact) mass is 506 g/mol. The van der Waals surface area contributed by atoms with Crippen molar-refractivity contribution in [2.75, 3.05) is 0 Å². The molecule has 39 heavy (non-hydrogen) atoms. The fourth-order valence-electron chi connectivity index (χ4n) is 5.92. The second-order valence-electron chi connectivity index (χ2n) is 11.4. The van der Waals surface area contributed by atoms with Crippen LogP contribution in [0.2, 0.25) is 0 Å². The van der Waals surface area contributed by atoms with Crippen LogP contribution in [0.4, 0.5) is 0 Å². The summed E-state index contributed by atoms with van der Waals surface area (Å²) in [7, 11) is 0. The largest absolute Gasteiger partial charge is 0.458 e. The number of benzene rings is 5. The van der Waals surface area contributed by atoms with Gasteiger partial charge in [-0.2, -0.15) is 0 Å². The normalized spacial score (nSPS) is 12.9. The Bertz CT molecular complexity index is 1580. The van der Waals surface area contributed by atoms with Crippen LogP contribution in [0.15, 0.2) is 103 Å². The quantitative estimate of drug-likeness (QED) is 0.225. The second-order valence-corrected chi connectivity index (χ2v) is 11.4. The van der Waals surface area contributed by atoms with Crippen molar-refractivity contribution < 1.29 is 9.47 Å². The van der Waals surface area contributed by atoms with E-state index < -0.39 is 0 Å². The highest BCUT2D eigenvalue weighted by Crippen LogP contribution is 2.36. The van der Waals surface area contributed by atoms with Crippen molar-refractivity contribution in [3.63, 3.8) is 0 Å². The van der Waals surface area contributed by atoms with Crippen LogP contribution in [-0.2, 0) is 0 Å². The van der Waals surface area contributed by atoms with Crippen LogP contribution in [0.1, 0.15) is 50.7 Å². The molecule has 0 radical (unpaired) electrons. The van der Waals surface area contributed by atoms with Gasteiger partial charge in [0.1, 0.15) is 23.0 Å². The van der Waals surface area contributed by atoms with Crippen LogP contribution in [0, 0.1) is 0 Å². The van der Waals surface area contributed by atoms with Crippen molar-refractivity contribution in [2.45, 2.75) is 39.5 Å². The zero-order valence-corrected chi connectivity index (χ0v) is 22.9. The molecule has 2 aliphatic rings. The smallest absolute Gasteiger partial charge is 0.260 e. The first-order valence-electron chi connectivity index (χ1n) is 13.9. The molecule has 0 spiro atoms. The average Bonchev–Trinajstić information content (AvgIpc) is 2.96. The van der Waals surface area contributed by atoms with Crippen LogP contribution in [0.5, 0.6) is 23.0 Å². The minimum Gasteiger partial charge on any atom is -0.458 e. The highest BCUT2D eigenvalue weighted by molar-refractivity contribution is 6.98. The molecular weight excluding hydrogens is 475 g/mol. The Morgan fingerprint density at radius 2 is 0.872 bits per heavy atom. The maximum absolute atomic E-state index is 6.45. The summed E-state index contributed by atoms with van der Waals surface area (Å²) in [5.74, 6) is 4.59. The van der Waals surface area contributed by atoms with Gasteiger partial charge >= 0.3 is 0 Å². The van der Waals surface area contributed by atoms with Crippen molar-refractivity contribution >= 4 is 23.1 Å². The summed E-state index contributed by atoms with van der Waals surface area (Å²) in [5, 5.41) is 0. The zero-order valence-electron chi connectivity index (χ0n) is 22.9. The molecule has 5 aromatic rings. The number of ether oxygens (including phenoxy) is 2. The van der Waals surface area contributed by atoms with Gasteiger partial charge in [-0.05, 0) is 80.4 Å². The Balaban J connectivity index is 1.36. The third-order valence-electron chi connectivity index (χ3n) is 8.22. The highest BCUT2D eigenvalue weighted by atomic mass is 16.5. The van der Waals surface area contributed by atoms with Crippen molar-refractivity contribution in [1.82, 2.24) is 0 Å². The number of hydrogen-bond donors (Lipinski definition) is 0. The lowest BCUT2D eigenvalue weighted by Crippen LogP contribution is -2.57. The topological polar surface area (TPSA) is 18.5 Å². The molecule has 190 valence electrons. The van der Waals surface area contributed by atoms with Crippen molar-refractivity contribution in [2.24, 2.45) is 0 Å². The Labute approximate surface area is 231 Å². The van der Waals surface area contributed by atoms with E-state index in [1.54, 1.807) is 0 Å². The van der Waals surface area contributed by atoms with Crippen LogP contribution in [0.25, 0.3) is 22.3 Å². The molecule has 0 saturated carbocycles. The molecule has 2 heterocycles. The van der Waals surface area contributed by atoms with Gasteiger partial charge in [0.2, 0.25) is 0 Å². The molecule has 2 nitrogen and oxygen atoms in total. The van der Waals surface area contributed by atoms with Crippen LogP contribution in [-0.4, -0.2) is 6.71 Å². The summed E-state index contributed by atoms with van der Waals surface area (Å²) >= 11 is 0. The molecule has 0 unspecified atom stereocenters. The van der Waals surface area contributed by atoms with Crippen LogP contribution in [0.3, 0.4) is 0 Å². The van der Waals surface area contributed by atoms with Gasteiger partial charge in [0.25, 0.3) is 6.71 Å². The average molecular weight is 506 g/mol. The van der Waals surface area contributed by atoms with Crippen molar-refractivity contribution in [1.29, 1.82) is 0 Å². The standard InChI is InChI=1S/C36H31BO2/c1-22(2)24-8-12-26(13-9-24)28-16-18-32-30(20-28)37-31-21-29(27-14-10-25(11-15-27)23(3)4)17-19-33(31)39-35-7-5-6-34(38-32)36(35)37/h5-23H,1-4H3. The molecule has 7 rings (SSSR count). The van der Waals surface area contributed by atoms with E-state index in [2.05, 4.69) is 125 Å². The third-order valence-corrected chi connectivity index (χ3v) is 8.22. The summed E-state index contributed by atoms with van der Waals surface area (Å²) in [6.07, 6.45) is 0. The predicted molar refractivity (Wildman–Crippen MR) is 163 cm³/mol. The van der Waals surface area contributed by atoms with Gasteiger partial charge in [-0.3, -0.25) is 0 Å². The summed E-state index contributed by atoms with van der Waals surface area (Å²) in [6, 6.07) is 37.2. The lowest BCUT2D eigenvalue weighted by atomic mass is 9.34. The summed E-state index contributed by atoms with van der Waals surface area (Å²) in [6.45, 7) is 8.96. The fraction of sp³-hybridized carbons (Fsp3) is 0.167. The maximum atomic E-state index is 6.45. The molecule has 0 saturated heterocycles. The molecule has 0 N–H and O–H groups in total. The Hall–Kier alpha value is -4.24.